The fourth-order valence-corrected chi connectivity index (χ4v) is 3.31. The minimum Gasteiger partial charge on any atom is -0.497 e. The molecule has 174 valence electrons. The summed E-state index contributed by atoms with van der Waals surface area (Å²) in [4.78, 5) is 27.4. The van der Waals surface area contributed by atoms with E-state index >= 15 is 0 Å². The molecule has 6 nitrogen and oxygen atoms in total. The summed E-state index contributed by atoms with van der Waals surface area (Å²) in [5.74, 6) is 1.63. The van der Waals surface area contributed by atoms with Crippen molar-refractivity contribution >= 4 is 27.7 Å². The Kier molecular flexibility index (Phi) is 10.5. The van der Waals surface area contributed by atoms with Crippen molar-refractivity contribution in [3.8, 4) is 11.5 Å². The summed E-state index contributed by atoms with van der Waals surface area (Å²) < 4.78 is 11.8. The Hall–Kier alpha value is -2.54. The molecule has 0 aromatic heterocycles. The lowest BCUT2D eigenvalue weighted by Gasteiger charge is -2.29. The molecule has 0 radical (unpaired) electrons. The second kappa shape index (κ2) is 13.1. The van der Waals surface area contributed by atoms with Gasteiger partial charge in [-0.2, -0.15) is 0 Å². The highest BCUT2D eigenvalue weighted by Gasteiger charge is 2.25. The lowest BCUT2D eigenvalue weighted by atomic mass is 10.1. The van der Waals surface area contributed by atoms with Crippen molar-refractivity contribution in [3.05, 3.63) is 58.6 Å². The van der Waals surface area contributed by atoms with Crippen LogP contribution in [0.1, 0.15) is 39.2 Å². The molecular formula is C25H33BrN2O4. The monoisotopic (exact) mass is 504 g/mol. The van der Waals surface area contributed by atoms with E-state index in [4.69, 9.17) is 9.47 Å². The first-order valence-electron chi connectivity index (χ1n) is 10.9. The first kappa shape index (κ1) is 25.7. The fourth-order valence-electron chi connectivity index (χ4n) is 3.05. The Bertz CT molecular complexity index is 853. The number of carbonyl (C=O) groups excluding carboxylic acids is 2. The van der Waals surface area contributed by atoms with Crippen LogP contribution in [0.5, 0.6) is 11.5 Å². The molecule has 0 aliphatic carbocycles. The smallest absolute Gasteiger partial charge is 0.242 e. The molecule has 2 aromatic carbocycles. The van der Waals surface area contributed by atoms with Gasteiger partial charge in [-0.3, -0.25) is 9.59 Å². The van der Waals surface area contributed by atoms with E-state index in [9.17, 15) is 9.59 Å². The number of hydrogen-bond donors (Lipinski definition) is 1. The third-order valence-electron chi connectivity index (χ3n) is 4.98. The van der Waals surface area contributed by atoms with Crippen molar-refractivity contribution in [2.75, 3.05) is 20.3 Å². The molecule has 1 atom stereocenters. The highest BCUT2D eigenvalue weighted by molar-refractivity contribution is 9.10. The van der Waals surface area contributed by atoms with Crippen LogP contribution in [0.4, 0.5) is 0 Å². The largest absolute Gasteiger partial charge is 0.497 e. The number of carbonyl (C=O) groups is 2. The first-order chi connectivity index (χ1) is 15.3. The minimum atomic E-state index is -0.563. The van der Waals surface area contributed by atoms with Crippen LogP contribution < -0.4 is 14.8 Å². The highest BCUT2D eigenvalue weighted by atomic mass is 79.9. The number of ether oxygens (including phenoxy) is 2. The quantitative estimate of drug-likeness (QED) is 0.421. The van der Waals surface area contributed by atoms with Crippen LogP contribution in [0.3, 0.4) is 0 Å². The summed E-state index contributed by atoms with van der Waals surface area (Å²) in [5.41, 5.74) is 0.972. The van der Waals surface area contributed by atoms with Crippen LogP contribution in [0.15, 0.2) is 53.0 Å². The van der Waals surface area contributed by atoms with Crippen LogP contribution in [-0.4, -0.2) is 43.0 Å². The average molecular weight is 505 g/mol. The van der Waals surface area contributed by atoms with Gasteiger partial charge in [-0.25, -0.2) is 0 Å². The molecule has 0 saturated heterocycles. The van der Waals surface area contributed by atoms with E-state index in [1.165, 1.54) is 0 Å². The van der Waals surface area contributed by atoms with Crippen LogP contribution in [0, 0.1) is 5.92 Å². The maximum absolute atomic E-state index is 13.1. The predicted octanol–water partition coefficient (Wildman–Crippen LogP) is 4.81. The van der Waals surface area contributed by atoms with E-state index < -0.39 is 6.04 Å². The number of benzene rings is 2. The van der Waals surface area contributed by atoms with Gasteiger partial charge in [0.05, 0.1) is 13.7 Å². The molecule has 2 rings (SSSR count). The number of rotatable bonds is 12. The maximum Gasteiger partial charge on any atom is 0.242 e. The van der Waals surface area contributed by atoms with E-state index in [-0.39, 0.29) is 11.8 Å². The zero-order valence-electron chi connectivity index (χ0n) is 19.3. The summed E-state index contributed by atoms with van der Waals surface area (Å²) in [6, 6.07) is 14.5. The summed E-state index contributed by atoms with van der Waals surface area (Å²) in [7, 11) is 1.62. The predicted molar refractivity (Wildman–Crippen MR) is 130 cm³/mol. The molecule has 0 heterocycles. The second-order valence-corrected chi connectivity index (χ2v) is 9.01. The first-order valence-corrected chi connectivity index (χ1v) is 11.7. The number of nitrogens with one attached hydrogen (secondary N) is 1. The molecule has 1 N–H and O–H groups in total. The zero-order valence-corrected chi connectivity index (χ0v) is 20.9. The fraction of sp³-hybridized carbons (Fsp3) is 0.440. The molecule has 0 aliphatic rings. The minimum absolute atomic E-state index is 0.0709. The Balaban J connectivity index is 1.96. The van der Waals surface area contributed by atoms with E-state index in [1.807, 2.05) is 62.4 Å². The van der Waals surface area contributed by atoms with Crippen LogP contribution >= 0.6 is 15.9 Å². The van der Waals surface area contributed by atoms with Gasteiger partial charge >= 0.3 is 0 Å². The average Bonchev–Trinajstić information content (AvgIpc) is 2.79. The van der Waals surface area contributed by atoms with Gasteiger partial charge in [0.15, 0.2) is 0 Å². The van der Waals surface area contributed by atoms with Gasteiger partial charge < -0.3 is 19.7 Å². The summed E-state index contributed by atoms with van der Waals surface area (Å²) in [5, 5.41) is 2.93. The molecule has 0 unspecified atom stereocenters. The maximum atomic E-state index is 13.1. The van der Waals surface area contributed by atoms with Crippen LogP contribution in [0.2, 0.25) is 0 Å². The van der Waals surface area contributed by atoms with Gasteiger partial charge in [0.1, 0.15) is 17.5 Å². The summed E-state index contributed by atoms with van der Waals surface area (Å²) in [6.07, 6.45) is 0.858. The van der Waals surface area contributed by atoms with E-state index in [0.29, 0.717) is 38.5 Å². The highest BCUT2D eigenvalue weighted by Crippen LogP contribution is 2.18. The molecule has 32 heavy (non-hydrogen) atoms. The normalized spacial score (nSPS) is 11.7. The van der Waals surface area contributed by atoms with Gasteiger partial charge in [0.25, 0.3) is 0 Å². The molecule has 2 amide bonds. The van der Waals surface area contributed by atoms with E-state index in [0.717, 1.165) is 21.5 Å². The van der Waals surface area contributed by atoms with Crippen molar-refractivity contribution in [3.63, 3.8) is 0 Å². The van der Waals surface area contributed by atoms with Crippen molar-refractivity contribution in [2.45, 2.75) is 46.2 Å². The molecular weight excluding hydrogens is 472 g/mol. The lowest BCUT2D eigenvalue weighted by molar-refractivity contribution is -0.140. The molecule has 0 saturated carbocycles. The standard InChI is InChI=1S/C25H33BrN2O4/c1-18(2)16-27-25(30)19(3)28(17-20-7-9-21(26)10-8-20)24(29)6-5-15-32-23-13-11-22(31-4)12-14-23/h7-14,18-19H,5-6,15-17H2,1-4H3,(H,27,30)/t19-/m0/s1. The Morgan fingerprint density at radius 2 is 1.62 bits per heavy atom. The van der Waals surface area contributed by atoms with E-state index in [2.05, 4.69) is 21.2 Å². The lowest BCUT2D eigenvalue weighted by Crippen LogP contribution is -2.48. The van der Waals surface area contributed by atoms with Gasteiger partial charge in [-0.05, 0) is 61.2 Å². The van der Waals surface area contributed by atoms with Crippen molar-refractivity contribution in [1.29, 1.82) is 0 Å². The van der Waals surface area contributed by atoms with Gasteiger partial charge in [0, 0.05) is 24.0 Å². The Morgan fingerprint density at radius 1 is 1.00 bits per heavy atom. The zero-order chi connectivity index (χ0) is 23.5. The Labute approximate surface area is 199 Å². The third-order valence-corrected chi connectivity index (χ3v) is 5.51. The van der Waals surface area contributed by atoms with Crippen molar-refractivity contribution in [2.24, 2.45) is 5.92 Å². The Morgan fingerprint density at radius 3 is 2.22 bits per heavy atom. The summed E-state index contributed by atoms with van der Waals surface area (Å²) >= 11 is 3.43. The van der Waals surface area contributed by atoms with Gasteiger partial charge in [0.2, 0.25) is 11.8 Å². The second-order valence-electron chi connectivity index (χ2n) is 8.09. The number of methoxy groups -OCH3 is 1. The van der Waals surface area contributed by atoms with Crippen LogP contribution in [-0.2, 0) is 16.1 Å². The van der Waals surface area contributed by atoms with Crippen molar-refractivity contribution in [1.82, 2.24) is 10.2 Å². The SMILES string of the molecule is COc1ccc(OCCCC(=O)N(Cc2ccc(Br)cc2)[C@@H](C)C(=O)NCC(C)C)cc1. The molecule has 0 aliphatic heterocycles. The number of nitrogens with zero attached hydrogens (tertiary/aromatic N) is 1. The van der Waals surface area contributed by atoms with Gasteiger partial charge in [-0.15, -0.1) is 0 Å². The van der Waals surface area contributed by atoms with Crippen LogP contribution in [0.25, 0.3) is 0 Å². The number of hydrogen-bond acceptors (Lipinski definition) is 4. The molecule has 0 bridgehead atoms. The third kappa shape index (κ3) is 8.54. The number of amides is 2. The van der Waals surface area contributed by atoms with Crippen molar-refractivity contribution < 1.29 is 19.1 Å². The van der Waals surface area contributed by atoms with Gasteiger partial charge in [-0.1, -0.05) is 41.9 Å². The molecule has 0 spiro atoms. The topological polar surface area (TPSA) is 67.9 Å². The molecule has 0 fully saturated rings. The molecule has 2 aromatic rings. The molecule has 7 heteroatoms. The summed E-state index contributed by atoms with van der Waals surface area (Å²) in [6.45, 7) is 7.23. The van der Waals surface area contributed by atoms with E-state index in [1.54, 1.807) is 18.9 Å². The number of halogens is 1.